The number of rotatable bonds is 5. The van der Waals surface area contributed by atoms with Gasteiger partial charge in [0, 0.05) is 7.05 Å². The van der Waals surface area contributed by atoms with Gasteiger partial charge in [0.25, 0.3) is 5.91 Å². The van der Waals surface area contributed by atoms with E-state index in [-0.39, 0.29) is 18.6 Å². The van der Waals surface area contributed by atoms with Gasteiger partial charge in [-0.3, -0.25) is 4.79 Å². The van der Waals surface area contributed by atoms with Crippen LogP contribution in [-0.2, 0) is 9.53 Å². The molecule has 3 rings (SSSR count). The molecule has 0 aliphatic rings. The highest BCUT2D eigenvalue weighted by Gasteiger charge is 2.22. The Bertz CT molecular complexity index is 963. The van der Waals surface area contributed by atoms with E-state index < -0.39 is 5.97 Å². The fourth-order valence-electron chi connectivity index (χ4n) is 2.80. The number of fused-ring (bicyclic) bond motifs is 1. The van der Waals surface area contributed by atoms with Gasteiger partial charge in [-0.15, -0.1) is 11.3 Å². The Morgan fingerprint density at radius 2 is 1.93 bits per heavy atom. The first-order valence-corrected chi connectivity index (χ1v) is 9.54. The SMILES string of the molecule is Cc1ccc(C(=O)OCC(=O)N(C)[C@@H](C)c2nc3ccccc3s2)c(C)c1. The van der Waals surface area contributed by atoms with Crippen LogP contribution >= 0.6 is 11.3 Å². The third-order valence-electron chi connectivity index (χ3n) is 4.57. The number of carbonyl (C=O) groups is 2. The van der Waals surface area contributed by atoms with Crippen LogP contribution in [0.2, 0.25) is 0 Å². The molecular formula is C21H22N2O3S. The van der Waals surface area contributed by atoms with Crippen molar-refractivity contribution in [1.29, 1.82) is 0 Å². The molecule has 0 spiro atoms. The molecule has 1 aromatic heterocycles. The van der Waals surface area contributed by atoms with Crippen molar-refractivity contribution in [3.05, 3.63) is 64.2 Å². The van der Waals surface area contributed by atoms with E-state index in [4.69, 9.17) is 4.74 Å². The zero-order chi connectivity index (χ0) is 19.6. The van der Waals surface area contributed by atoms with E-state index in [2.05, 4.69) is 4.98 Å². The van der Waals surface area contributed by atoms with Crippen LogP contribution < -0.4 is 0 Å². The predicted molar refractivity (Wildman–Crippen MR) is 107 cm³/mol. The number of hydrogen-bond acceptors (Lipinski definition) is 5. The second-order valence-corrected chi connectivity index (χ2v) is 7.66. The van der Waals surface area contributed by atoms with Crippen LogP contribution in [-0.4, -0.2) is 35.4 Å². The Balaban J connectivity index is 1.63. The van der Waals surface area contributed by atoms with Gasteiger partial charge < -0.3 is 9.64 Å². The summed E-state index contributed by atoms with van der Waals surface area (Å²) in [4.78, 5) is 30.9. The number of amides is 1. The first-order valence-electron chi connectivity index (χ1n) is 8.72. The lowest BCUT2D eigenvalue weighted by Gasteiger charge is -2.23. The molecule has 0 radical (unpaired) electrons. The van der Waals surface area contributed by atoms with Crippen LogP contribution in [0.3, 0.4) is 0 Å². The maximum atomic E-state index is 12.5. The highest BCUT2D eigenvalue weighted by molar-refractivity contribution is 7.18. The number of esters is 1. The molecule has 0 aliphatic heterocycles. The van der Waals surface area contributed by atoms with Crippen molar-refractivity contribution in [2.24, 2.45) is 0 Å². The van der Waals surface area contributed by atoms with Crippen molar-refractivity contribution in [3.8, 4) is 0 Å². The van der Waals surface area contributed by atoms with Crippen molar-refractivity contribution in [2.75, 3.05) is 13.7 Å². The summed E-state index contributed by atoms with van der Waals surface area (Å²) in [6.45, 7) is 5.44. The quantitative estimate of drug-likeness (QED) is 0.618. The summed E-state index contributed by atoms with van der Waals surface area (Å²) < 4.78 is 6.31. The third-order valence-corrected chi connectivity index (χ3v) is 5.78. The Kier molecular flexibility index (Phi) is 5.56. The zero-order valence-electron chi connectivity index (χ0n) is 15.9. The van der Waals surface area contributed by atoms with Gasteiger partial charge in [-0.2, -0.15) is 0 Å². The van der Waals surface area contributed by atoms with E-state index in [1.807, 2.05) is 57.2 Å². The summed E-state index contributed by atoms with van der Waals surface area (Å²) in [5.74, 6) is -0.748. The van der Waals surface area contributed by atoms with Crippen molar-refractivity contribution in [1.82, 2.24) is 9.88 Å². The molecule has 0 N–H and O–H groups in total. The zero-order valence-corrected chi connectivity index (χ0v) is 16.7. The van der Waals surface area contributed by atoms with Gasteiger partial charge in [-0.05, 0) is 44.5 Å². The molecule has 6 heteroatoms. The largest absolute Gasteiger partial charge is 0.452 e. The Morgan fingerprint density at radius 3 is 2.63 bits per heavy atom. The summed E-state index contributed by atoms with van der Waals surface area (Å²) in [6, 6.07) is 13.2. The van der Waals surface area contributed by atoms with E-state index in [1.54, 1.807) is 29.4 Å². The lowest BCUT2D eigenvalue weighted by atomic mass is 10.1. The third kappa shape index (κ3) is 4.17. The molecule has 0 fully saturated rings. The summed E-state index contributed by atoms with van der Waals surface area (Å²) in [6.07, 6.45) is 0. The molecule has 0 aliphatic carbocycles. The lowest BCUT2D eigenvalue weighted by Crippen LogP contribution is -2.33. The average Bonchev–Trinajstić information content (AvgIpc) is 3.08. The normalized spacial score (nSPS) is 12.0. The molecule has 0 bridgehead atoms. The van der Waals surface area contributed by atoms with Crippen molar-refractivity contribution >= 4 is 33.4 Å². The van der Waals surface area contributed by atoms with E-state index in [9.17, 15) is 9.59 Å². The van der Waals surface area contributed by atoms with Gasteiger partial charge in [0.2, 0.25) is 0 Å². The molecule has 1 heterocycles. The number of thiazole rings is 1. The van der Waals surface area contributed by atoms with E-state index in [1.165, 1.54) is 0 Å². The maximum Gasteiger partial charge on any atom is 0.338 e. The smallest absolute Gasteiger partial charge is 0.338 e. The molecular weight excluding hydrogens is 360 g/mol. The molecule has 0 saturated carbocycles. The number of carbonyl (C=O) groups excluding carboxylic acids is 2. The van der Waals surface area contributed by atoms with Crippen LogP contribution in [0.25, 0.3) is 10.2 Å². The first-order chi connectivity index (χ1) is 12.9. The Morgan fingerprint density at radius 1 is 1.19 bits per heavy atom. The van der Waals surface area contributed by atoms with Gasteiger partial charge in [0.15, 0.2) is 6.61 Å². The van der Waals surface area contributed by atoms with Gasteiger partial charge in [0.1, 0.15) is 5.01 Å². The van der Waals surface area contributed by atoms with Gasteiger partial charge in [-0.1, -0.05) is 29.8 Å². The number of para-hydroxylation sites is 1. The highest BCUT2D eigenvalue weighted by atomic mass is 32.1. The molecule has 3 aromatic rings. The maximum absolute atomic E-state index is 12.5. The molecule has 2 aromatic carbocycles. The number of likely N-dealkylation sites (N-methyl/N-ethyl adjacent to an activating group) is 1. The van der Waals surface area contributed by atoms with Crippen LogP contribution in [0, 0.1) is 13.8 Å². The molecule has 1 atom stereocenters. The minimum absolute atomic E-state index is 0.199. The molecule has 0 unspecified atom stereocenters. The summed E-state index contributed by atoms with van der Waals surface area (Å²) in [5, 5.41) is 0.854. The number of ether oxygens (including phenoxy) is 1. The van der Waals surface area contributed by atoms with Crippen molar-refractivity contribution in [3.63, 3.8) is 0 Å². The second kappa shape index (κ2) is 7.88. The van der Waals surface area contributed by atoms with E-state index in [0.717, 1.165) is 26.4 Å². The number of hydrogen-bond donors (Lipinski definition) is 0. The van der Waals surface area contributed by atoms with Crippen molar-refractivity contribution < 1.29 is 14.3 Å². The van der Waals surface area contributed by atoms with Gasteiger partial charge in [0.05, 0.1) is 21.8 Å². The fourth-order valence-corrected chi connectivity index (χ4v) is 3.86. The number of aryl methyl sites for hydroxylation is 2. The lowest BCUT2D eigenvalue weighted by molar-refractivity contribution is -0.135. The van der Waals surface area contributed by atoms with Crippen LogP contribution in [0.1, 0.15) is 39.5 Å². The summed E-state index contributed by atoms with van der Waals surface area (Å²) >= 11 is 1.56. The molecule has 5 nitrogen and oxygen atoms in total. The topological polar surface area (TPSA) is 59.5 Å². The van der Waals surface area contributed by atoms with Gasteiger partial charge in [-0.25, -0.2) is 9.78 Å². The summed E-state index contributed by atoms with van der Waals surface area (Å²) in [5.41, 5.74) is 3.31. The summed E-state index contributed by atoms with van der Waals surface area (Å²) in [7, 11) is 1.70. The number of aromatic nitrogens is 1. The van der Waals surface area contributed by atoms with Crippen LogP contribution in [0.5, 0.6) is 0 Å². The van der Waals surface area contributed by atoms with Crippen molar-refractivity contribution in [2.45, 2.75) is 26.8 Å². The minimum atomic E-state index is -0.484. The average molecular weight is 382 g/mol. The van der Waals surface area contributed by atoms with Crippen LogP contribution in [0.15, 0.2) is 42.5 Å². The first kappa shape index (κ1) is 19.0. The molecule has 0 saturated heterocycles. The molecule has 140 valence electrons. The monoisotopic (exact) mass is 382 g/mol. The van der Waals surface area contributed by atoms with Gasteiger partial charge >= 0.3 is 5.97 Å². The molecule has 1 amide bonds. The number of nitrogens with zero attached hydrogens (tertiary/aromatic N) is 2. The standard InChI is InChI=1S/C21H22N2O3S/c1-13-9-10-16(14(2)11-13)21(25)26-12-19(24)23(4)15(3)20-22-17-7-5-6-8-18(17)27-20/h5-11,15H,12H2,1-4H3/t15-/m0/s1. The highest BCUT2D eigenvalue weighted by Crippen LogP contribution is 2.28. The Hall–Kier alpha value is -2.73. The molecule has 27 heavy (non-hydrogen) atoms. The number of benzene rings is 2. The minimum Gasteiger partial charge on any atom is -0.452 e. The second-order valence-electron chi connectivity index (χ2n) is 6.59. The van der Waals surface area contributed by atoms with E-state index in [0.29, 0.717) is 5.56 Å². The van der Waals surface area contributed by atoms with E-state index >= 15 is 0 Å². The Labute approximate surface area is 162 Å². The predicted octanol–water partition coefficient (Wildman–Crippen LogP) is 4.29. The fraction of sp³-hybridized carbons (Fsp3) is 0.286. The van der Waals surface area contributed by atoms with Crippen LogP contribution in [0.4, 0.5) is 0 Å².